The first-order chi connectivity index (χ1) is 10.3. The summed E-state index contributed by atoms with van der Waals surface area (Å²) < 4.78 is 33.3. The number of ether oxygens (including phenoxy) is 1. The first-order valence-electron chi connectivity index (χ1n) is 6.31. The van der Waals surface area contributed by atoms with Crippen molar-refractivity contribution >= 4 is 37.4 Å². The van der Waals surface area contributed by atoms with Crippen LogP contribution in [-0.2, 0) is 10.0 Å². The second-order valence-corrected chi connectivity index (χ2v) is 7.07. The lowest BCUT2D eigenvalue weighted by Gasteiger charge is -2.13. The summed E-state index contributed by atoms with van der Waals surface area (Å²) in [5, 5.41) is 0. The van der Waals surface area contributed by atoms with Crippen LogP contribution in [-0.4, -0.2) is 21.3 Å². The fourth-order valence-corrected chi connectivity index (χ4v) is 3.73. The number of hydrogen-bond donors (Lipinski definition) is 1. The van der Waals surface area contributed by atoms with Crippen molar-refractivity contribution in [1.82, 2.24) is 0 Å². The van der Waals surface area contributed by atoms with Crippen LogP contribution in [0.4, 0.5) is 5.69 Å². The summed E-state index contributed by atoms with van der Waals surface area (Å²) in [6, 6.07) is 11.1. The summed E-state index contributed by atoms with van der Waals surface area (Å²) in [5.74, 6) is -0.00415. The number of sulfonamides is 1. The molecule has 2 rings (SSSR count). The van der Waals surface area contributed by atoms with Gasteiger partial charge >= 0.3 is 0 Å². The predicted molar refractivity (Wildman–Crippen MR) is 87.9 cm³/mol. The molecule has 0 aliphatic rings. The first kappa shape index (κ1) is 16.5. The lowest BCUT2D eigenvalue weighted by molar-refractivity contribution is 0.101. The minimum atomic E-state index is -3.89. The van der Waals surface area contributed by atoms with Crippen LogP contribution in [0.1, 0.15) is 17.3 Å². The average molecular weight is 384 g/mol. The van der Waals surface area contributed by atoms with E-state index in [9.17, 15) is 13.2 Å². The maximum Gasteiger partial charge on any atom is 0.265 e. The topological polar surface area (TPSA) is 72.5 Å². The smallest absolute Gasteiger partial charge is 0.265 e. The van der Waals surface area contributed by atoms with E-state index in [2.05, 4.69) is 20.7 Å². The molecule has 22 heavy (non-hydrogen) atoms. The quantitative estimate of drug-likeness (QED) is 0.802. The van der Waals surface area contributed by atoms with E-state index in [1.165, 1.54) is 20.1 Å². The van der Waals surface area contributed by atoms with Crippen LogP contribution in [0.3, 0.4) is 0 Å². The Balaban J connectivity index is 2.50. The van der Waals surface area contributed by atoms with E-state index in [0.717, 1.165) is 0 Å². The number of anilines is 1. The molecule has 0 fully saturated rings. The minimum absolute atomic E-state index is 0.0114. The molecule has 0 unspecified atom stereocenters. The van der Waals surface area contributed by atoms with Crippen molar-refractivity contribution in [1.29, 1.82) is 0 Å². The predicted octanol–water partition coefficient (Wildman–Crippen LogP) is 3.46. The van der Waals surface area contributed by atoms with Gasteiger partial charge in [-0.15, -0.1) is 0 Å². The summed E-state index contributed by atoms with van der Waals surface area (Å²) in [6.45, 7) is 1.38. The lowest BCUT2D eigenvalue weighted by Crippen LogP contribution is -2.16. The number of para-hydroxylation sites is 1. The number of carbonyl (C=O) groups is 1. The largest absolute Gasteiger partial charge is 0.495 e. The molecule has 0 spiro atoms. The summed E-state index contributed by atoms with van der Waals surface area (Å²) in [4.78, 5) is 11.6. The molecular weight excluding hydrogens is 370 g/mol. The normalized spacial score (nSPS) is 11.0. The van der Waals surface area contributed by atoms with Crippen LogP contribution in [0.2, 0.25) is 0 Å². The Labute approximate surface area is 137 Å². The number of halogens is 1. The van der Waals surface area contributed by atoms with Gasteiger partial charge in [-0.25, -0.2) is 8.42 Å². The van der Waals surface area contributed by atoms with E-state index < -0.39 is 10.0 Å². The average Bonchev–Trinajstić information content (AvgIpc) is 2.47. The van der Waals surface area contributed by atoms with Gasteiger partial charge in [0.05, 0.1) is 12.8 Å². The van der Waals surface area contributed by atoms with Gasteiger partial charge in [0, 0.05) is 10.0 Å². The van der Waals surface area contributed by atoms with E-state index in [0.29, 0.717) is 10.0 Å². The highest BCUT2D eigenvalue weighted by Gasteiger charge is 2.21. The van der Waals surface area contributed by atoms with E-state index in [1.54, 1.807) is 36.4 Å². The summed E-state index contributed by atoms with van der Waals surface area (Å²) >= 11 is 3.24. The molecule has 0 aromatic heterocycles. The Morgan fingerprint density at radius 1 is 1.18 bits per heavy atom. The minimum Gasteiger partial charge on any atom is -0.495 e. The van der Waals surface area contributed by atoms with Gasteiger partial charge in [-0.3, -0.25) is 9.52 Å². The van der Waals surface area contributed by atoms with E-state index in [4.69, 9.17) is 4.74 Å². The van der Waals surface area contributed by atoms with Gasteiger partial charge in [-0.05, 0) is 37.3 Å². The molecule has 1 N–H and O–H groups in total. The number of rotatable bonds is 5. The van der Waals surface area contributed by atoms with Gasteiger partial charge in [-0.2, -0.15) is 0 Å². The molecule has 0 saturated heterocycles. The Kier molecular flexibility index (Phi) is 4.87. The van der Waals surface area contributed by atoms with Gasteiger partial charge in [0.2, 0.25) is 0 Å². The third-order valence-corrected chi connectivity index (χ3v) is 4.85. The number of benzene rings is 2. The second-order valence-electron chi connectivity index (χ2n) is 4.50. The van der Waals surface area contributed by atoms with E-state index >= 15 is 0 Å². The van der Waals surface area contributed by atoms with Gasteiger partial charge < -0.3 is 4.74 Å². The summed E-state index contributed by atoms with van der Waals surface area (Å²) in [7, 11) is -2.50. The maximum absolute atomic E-state index is 12.6. The van der Waals surface area contributed by atoms with Crippen molar-refractivity contribution in [2.75, 3.05) is 11.8 Å². The zero-order valence-electron chi connectivity index (χ0n) is 12.0. The maximum atomic E-state index is 12.6. The van der Waals surface area contributed by atoms with Crippen molar-refractivity contribution in [2.45, 2.75) is 11.8 Å². The fourth-order valence-electron chi connectivity index (χ4n) is 1.94. The molecule has 116 valence electrons. The third kappa shape index (κ3) is 3.48. The lowest BCUT2D eigenvalue weighted by atomic mass is 10.1. The van der Waals surface area contributed by atoms with Crippen molar-refractivity contribution in [3.8, 4) is 5.75 Å². The Morgan fingerprint density at radius 2 is 1.86 bits per heavy atom. The van der Waals surface area contributed by atoms with Crippen LogP contribution >= 0.6 is 15.9 Å². The molecule has 0 aliphatic heterocycles. The molecule has 5 nitrogen and oxygen atoms in total. The number of hydrogen-bond acceptors (Lipinski definition) is 4. The molecule has 2 aromatic rings. The van der Waals surface area contributed by atoms with E-state index in [-0.39, 0.29) is 22.1 Å². The van der Waals surface area contributed by atoms with Crippen LogP contribution < -0.4 is 9.46 Å². The van der Waals surface area contributed by atoms with Crippen LogP contribution in [0.15, 0.2) is 51.8 Å². The first-order valence-corrected chi connectivity index (χ1v) is 8.59. The van der Waals surface area contributed by atoms with Crippen LogP contribution in [0.5, 0.6) is 5.75 Å². The SMILES string of the molecule is COc1ccc(Br)cc1S(=O)(=O)Nc1ccccc1C(C)=O. The molecule has 0 atom stereocenters. The molecule has 0 amide bonds. The highest BCUT2D eigenvalue weighted by atomic mass is 79.9. The number of ketones is 1. The molecule has 0 saturated carbocycles. The highest BCUT2D eigenvalue weighted by Crippen LogP contribution is 2.29. The van der Waals surface area contributed by atoms with Crippen LogP contribution in [0.25, 0.3) is 0 Å². The summed E-state index contributed by atoms with van der Waals surface area (Å²) in [6.07, 6.45) is 0. The molecular formula is C15H14BrNO4S. The number of nitrogens with one attached hydrogen (secondary N) is 1. The number of Topliss-reactive ketones (excluding diaryl/α,β-unsaturated/α-hetero) is 1. The molecule has 0 heterocycles. The number of carbonyl (C=O) groups excluding carboxylic acids is 1. The molecule has 7 heteroatoms. The van der Waals surface area contributed by atoms with Gasteiger partial charge in [-0.1, -0.05) is 28.1 Å². The number of methoxy groups -OCH3 is 1. The molecule has 0 radical (unpaired) electrons. The Hall–Kier alpha value is -1.86. The van der Waals surface area contributed by atoms with Crippen molar-refractivity contribution in [3.63, 3.8) is 0 Å². The van der Waals surface area contributed by atoms with Crippen molar-refractivity contribution in [3.05, 3.63) is 52.5 Å². The van der Waals surface area contributed by atoms with Gasteiger partial charge in [0.1, 0.15) is 10.6 Å². The van der Waals surface area contributed by atoms with Crippen molar-refractivity contribution in [2.24, 2.45) is 0 Å². The zero-order valence-corrected chi connectivity index (χ0v) is 14.4. The monoisotopic (exact) mass is 383 g/mol. The Bertz CT molecular complexity index is 818. The van der Waals surface area contributed by atoms with Gasteiger partial charge in [0.25, 0.3) is 10.0 Å². The second kappa shape index (κ2) is 6.50. The van der Waals surface area contributed by atoms with E-state index in [1.807, 2.05) is 0 Å². The molecule has 2 aromatic carbocycles. The summed E-state index contributed by atoms with van der Waals surface area (Å²) in [5.41, 5.74) is 0.539. The van der Waals surface area contributed by atoms with Crippen molar-refractivity contribution < 1.29 is 17.9 Å². The molecule has 0 aliphatic carbocycles. The van der Waals surface area contributed by atoms with Crippen LogP contribution in [0, 0.1) is 0 Å². The molecule has 0 bridgehead atoms. The fraction of sp³-hybridized carbons (Fsp3) is 0.133. The zero-order chi connectivity index (χ0) is 16.3. The Morgan fingerprint density at radius 3 is 2.50 bits per heavy atom. The standard InChI is InChI=1S/C15H14BrNO4S/c1-10(18)12-5-3-4-6-13(12)17-22(19,20)15-9-11(16)7-8-14(15)21-2/h3-9,17H,1-2H3. The van der Waals surface area contributed by atoms with Gasteiger partial charge in [0.15, 0.2) is 5.78 Å². The third-order valence-electron chi connectivity index (χ3n) is 2.97. The highest BCUT2D eigenvalue weighted by molar-refractivity contribution is 9.10.